The summed E-state index contributed by atoms with van der Waals surface area (Å²) in [6.07, 6.45) is 4.79. The number of aromatic nitrogens is 5. The number of benzene rings is 2. The summed E-state index contributed by atoms with van der Waals surface area (Å²) in [6, 6.07) is 14.3. The molecule has 0 amide bonds. The van der Waals surface area contributed by atoms with E-state index >= 15 is 0 Å². The van der Waals surface area contributed by atoms with E-state index in [1.165, 1.54) is 18.5 Å². The van der Waals surface area contributed by atoms with E-state index < -0.39 is 0 Å². The van der Waals surface area contributed by atoms with Crippen LogP contribution in [0.25, 0.3) is 50.3 Å². The van der Waals surface area contributed by atoms with Crippen LogP contribution in [0.15, 0.2) is 70.9 Å². The van der Waals surface area contributed by atoms with Gasteiger partial charge in [-0.2, -0.15) is 5.10 Å². The highest BCUT2D eigenvalue weighted by atomic mass is 19.1. The summed E-state index contributed by atoms with van der Waals surface area (Å²) in [7, 11) is 0. The molecule has 0 radical (unpaired) electrons. The van der Waals surface area contributed by atoms with Crippen LogP contribution in [0.5, 0.6) is 0 Å². The predicted molar refractivity (Wildman–Crippen MR) is 126 cm³/mol. The lowest BCUT2D eigenvalue weighted by atomic mass is 10.0. The van der Waals surface area contributed by atoms with Crippen LogP contribution < -0.4 is 0 Å². The number of allylic oxidation sites excluding steroid dienone is 1. The lowest BCUT2D eigenvalue weighted by Gasteiger charge is -2.02. The van der Waals surface area contributed by atoms with Gasteiger partial charge in [-0.15, -0.1) is 0 Å². The van der Waals surface area contributed by atoms with Crippen molar-refractivity contribution in [2.75, 3.05) is 0 Å². The zero-order valence-corrected chi connectivity index (χ0v) is 17.2. The van der Waals surface area contributed by atoms with Gasteiger partial charge < -0.3 is 4.98 Å². The van der Waals surface area contributed by atoms with E-state index in [1.54, 1.807) is 18.5 Å². The zero-order chi connectivity index (χ0) is 22.1. The maximum absolute atomic E-state index is 13.8. The van der Waals surface area contributed by atoms with Crippen molar-refractivity contribution in [1.29, 1.82) is 0 Å². The smallest absolute Gasteiger partial charge is 0.178 e. The van der Waals surface area contributed by atoms with E-state index in [0.717, 1.165) is 38.7 Å². The van der Waals surface area contributed by atoms with E-state index in [9.17, 15) is 4.39 Å². The fourth-order valence-corrected chi connectivity index (χ4v) is 3.63. The number of halogens is 1. The molecule has 0 bridgehead atoms. The van der Waals surface area contributed by atoms with Gasteiger partial charge in [0, 0.05) is 23.3 Å². The molecule has 0 spiro atoms. The summed E-state index contributed by atoms with van der Waals surface area (Å²) >= 11 is 0. The van der Waals surface area contributed by atoms with E-state index in [2.05, 4.69) is 41.9 Å². The summed E-state index contributed by atoms with van der Waals surface area (Å²) in [5.74, 6) is 0.282. The standard InChI is InChI=1S/C24H18FN7/c1-14(12-27-13-26-2)15-6-7-20-19(11-15)22(32-31-20)24-29-21-18(8-9-28-23(21)30-24)16-4-3-5-17(25)10-16/h3-13H,2H2,1H3,(H,31,32)(H,28,29,30)/b14-12+,27-13?. The number of nitrogens with zero attached hydrogens (tertiary/aromatic N) is 5. The summed E-state index contributed by atoms with van der Waals surface area (Å²) < 4.78 is 13.8. The Morgan fingerprint density at radius 1 is 1.16 bits per heavy atom. The Morgan fingerprint density at radius 3 is 2.91 bits per heavy atom. The van der Waals surface area contributed by atoms with Crippen molar-refractivity contribution in [2.24, 2.45) is 9.98 Å². The Kier molecular flexibility index (Phi) is 4.87. The lowest BCUT2D eigenvalue weighted by molar-refractivity contribution is 0.628. The number of rotatable bonds is 5. The average Bonchev–Trinajstić information content (AvgIpc) is 3.42. The first-order valence-electron chi connectivity index (χ1n) is 9.88. The highest BCUT2D eigenvalue weighted by Gasteiger charge is 2.16. The van der Waals surface area contributed by atoms with Crippen LogP contribution in [0.1, 0.15) is 12.5 Å². The van der Waals surface area contributed by atoms with Gasteiger partial charge in [-0.25, -0.2) is 19.4 Å². The number of imidazole rings is 1. The van der Waals surface area contributed by atoms with Crippen LogP contribution in [-0.2, 0) is 0 Å². The summed E-state index contributed by atoms with van der Waals surface area (Å²) in [4.78, 5) is 20.1. The van der Waals surface area contributed by atoms with Crippen molar-refractivity contribution in [1.82, 2.24) is 25.1 Å². The Morgan fingerprint density at radius 2 is 2.06 bits per heavy atom. The fourth-order valence-electron chi connectivity index (χ4n) is 3.63. The third-order valence-electron chi connectivity index (χ3n) is 5.19. The first kappa shape index (κ1) is 19.5. The second-order valence-electron chi connectivity index (χ2n) is 7.24. The monoisotopic (exact) mass is 423 g/mol. The van der Waals surface area contributed by atoms with Gasteiger partial charge in [-0.1, -0.05) is 18.2 Å². The molecule has 0 saturated heterocycles. The van der Waals surface area contributed by atoms with E-state index in [1.807, 2.05) is 37.3 Å². The average molecular weight is 423 g/mol. The maximum atomic E-state index is 13.8. The third-order valence-corrected chi connectivity index (χ3v) is 5.19. The summed E-state index contributed by atoms with van der Waals surface area (Å²) in [6.45, 7) is 5.35. The number of aromatic amines is 2. The second-order valence-corrected chi connectivity index (χ2v) is 7.24. The van der Waals surface area contributed by atoms with Crippen molar-refractivity contribution in [2.45, 2.75) is 6.92 Å². The molecule has 0 aliphatic heterocycles. The van der Waals surface area contributed by atoms with Crippen molar-refractivity contribution in [3.8, 4) is 22.6 Å². The van der Waals surface area contributed by atoms with Crippen molar-refractivity contribution in [3.05, 3.63) is 72.3 Å². The largest absolute Gasteiger partial charge is 0.335 e. The number of fused-ring (bicyclic) bond motifs is 2. The molecule has 156 valence electrons. The number of pyridine rings is 1. The van der Waals surface area contributed by atoms with Gasteiger partial charge >= 0.3 is 0 Å². The highest BCUT2D eigenvalue weighted by molar-refractivity contribution is 5.97. The highest BCUT2D eigenvalue weighted by Crippen LogP contribution is 2.31. The molecule has 0 fully saturated rings. The van der Waals surface area contributed by atoms with Crippen LogP contribution in [0, 0.1) is 5.82 Å². The van der Waals surface area contributed by atoms with Gasteiger partial charge in [0.05, 0.1) is 11.0 Å². The number of aliphatic imine (C=N–C) groups is 2. The van der Waals surface area contributed by atoms with Crippen molar-refractivity contribution < 1.29 is 4.39 Å². The minimum atomic E-state index is -0.297. The molecule has 0 saturated carbocycles. The van der Waals surface area contributed by atoms with Crippen LogP contribution >= 0.6 is 0 Å². The fraction of sp³-hybridized carbons (Fsp3) is 0.0417. The van der Waals surface area contributed by atoms with Gasteiger partial charge in [-0.05, 0) is 60.7 Å². The molecule has 3 heterocycles. The van der Waals surface area contributed by atoms with Crippen LogP contribution in [-0.4, -0.2) is 38.2 Å². The number of nitrogens with one attached hydrogen (secondary N) is 2. The van der Waals surface area contributed by atoms with Crippen LogP contribution in [0.4, 0.5) is 4.39 Å². The molecule has 3 aromatic heterocycles. The van der Waals surface area contributed by atoms with Crippen LogP contribution in [0.3, 0.4) is 0 Å². The van der Waals surface area contributed by atoms with Crippen LogP contribution in [0.2, 0.25) is 0 Å². The van der Waals surface area contributed by atoms with Gasteiger partial charge in [0.25, 0.3) is 0 Å². The molecule has 0 unspecified atom stereocenters. The normalized spacial score (nSPS) is 12.2. The molecule has 32 heavy (non-hydrogen) atoms. The molecular weight excluding hydrogens is 405 g/mol. The lowest BCUT2D eigenvalue weighted by Crippen LogP contribution is -1.84. The Bertz CT molecular complexity index is 1520. The van der Waals surface area contributed by atoms with Crippen molar-refractivity contribution in [3.63, 3.8) is 0 Å². The minimum absolute atomic E-state index is 0.297. The molecule has 2 aromatic carbocycles. The second kappa shape index (κ2) is 7.99. The van der Waals surface area contributed by atoms with Gasteiger partial charge in [0.1, 0.15) is 17.8 Å². The third kappa shape index (κ3) is 3.47. The number of hydrogen-bond acceptors (Lipinski definition) is 4. The summed E-state index contributed by atoms with van der Waals surface area (Å²) in [5.41, 5.74) is 6.35. The van der Waals surface area contributed by atoms with E-state index in [0.29, 0.717) is 17.2 Å². The summed E-state index contributed by atoms with van der Waals surface area (Å²) in [5, 5.41) is 8.43. The molecule has 0 aliphatic carbocycles. The van der Waals surface area contributed by atoms with Gasteiger partial charge in [0.2, 0.25) is 0 Å². The number of hydrogen-bond donors (Lipinski definition) is 2. The first-order valence-corrected chi connectivity index (χ1v) is 9.88. The van der Waals surface area contributed by atoms with E-state index in [4.69, 9.17) is 0 Å². The predicted octanol–water partition coefficient (Wildman–Crippen LogP) is 5.40. The van der Waals surface area contributed by atoms with Gasteiger partial charge in [-0.3, -0.25) is 10.1 Å². The van der Waals surface area contributed by atoms with Gasteiger partial charge in [0.15, 0.2) is 11.5 Å². The Balaban J connectivity index is 1.62. The van der Waals surface area contributed by atoms with Crippen molar-refractivity contribution >= 4 is 40.7 Å². The molecule has 5 rings (SSSR count). The SMILES string of the molecule is C=NC=N/C=C(\C)c1ccc2[nH]nc(-c3nc4nccc(-c5cccc(F)c5)c4[nH]3)c2c1. The maximum Gasteiger partial charge on any atom is 0.178 e. The zero-order valence-electron chi connectivity index (χ0n) is 17.2. The molecule has 5 aromatic rings. The molecule has 0 atom stereocenters. The minimum Gasteiger partial charge on any atom is -0.335 e. The quantitative estimate of drug-likeness (QED) is 0.293. The Labute approximate surface area is 182 Å². The molecule has 0 aliphatic rings. The molecule has 8 heteroatoms. The van der Waals surface area contributed by atoms with E-state index in [-0.39, 0.29) is 5.82 Å². The molecular formula is C24H18FN7. The molecule has 7 nitrogen and oxygen atoms in total. The first-order chi connectivity index (χ1) is 15.6. The molecule has 2 N–H and O–H groups in total. The Hall–Kier alpha value is -4.46. The topological polar surface area (TPSA) is 95.0 Å². The number of H-pyrrole nitrogens is 2.